The molecule has 0 saturated carbocycles. The third-order valence-corrected chi connectivity index (χ3v) is 0.774. The largest absolute Gasteiger partial charge is 0.288 e. The van der Waals surface area contributed by atoms with Crippen LogP contribution in [0.2, 0.25) is 0 Å². The molecule has 0 aromatic carbocycles. The molecular weight excluding hydrogens is 114 g/mol. The van der Waals surface area contributed by atoms with Crippen LogP contribution >= 0.6 is 0 Å². The van der Waals surface area contributed by atoms with Gasteiger partial charge in [-0.1, -0.05) is 0 Å². The maximum absolute atomic E-state index is 9.52. The van der Waals surface area contributed by atoms with E-state index in [1.165, 1.54) is 13.2 Å². The van der Waals surface area contributed by atoms with E-state index in [0.717, 1.165) is 0 Å². The van der Waals surface area contributed by atoms with Gasteiger partial charge in [-0.25, -0.2) is 0 Å². The molecule has 1 radical (unpaired) electrons. The van der Waals surface area contributed by atoms with Crippen molar-refractivity contribution >= 4 is 17.7 Å². The SMILES string of the molecule is C[C@@H]([C]=O)N=S=O. The quantitative estimate of drug-likeness (QED) is 0.507. The Morgan fingerprint density at radius 2 is 2.43 bits per heavy atom. The van der Waals surface area contributed by atoms with Crippen molar-refractivity contribution in [1.29, 1.82) is 0 Å². The highest BCUT2D eigenvalue weighted by molar-refractivity contribution is 7.54. The lowest BCUT2D eigenvalue weighted by Crippen LogP contribution is -1.95. The normalized spacial score (nSPS) is 12.1. The first kappa shape index (κ1) is 6.49. The fourth-order valence-corrected chi connectivity index (χ4v) is 0.258. The number of nitrogens with zero attached hydrogens (tertiary/aromatic N) is 1. The summed E-state index contributed by atoms with van der Waals surface area (Å²) in [7, 11) is 0. The highest BCUT2D eigenvalue weighted by Gasteiger charge is 1.91. The first-order chi connectivity index (χ1) is 3.31. The lowest BCUT2D eigenvalue weighted by Gasteiger charge is -1.79. The van der Waals surface area contributed by atoms with E-state index in [9.17, 15) is 9.00 Å². The van der Waals surface area contributed by atoms with Crippen LogP contribution < -0.4 is 0 Å². The molecule has 1 atom stereocenters. The van der Waals surface area contributed by atoms with Crippen molar-refractivity contribution in [2.24, 2.45) is 4.36 Å². The van der Waals surface area contributed by atoms with E-state index in [-0.39, 0.29) is 11.5 Å². The summed E-state index contributed by atoms with van der Waals surface area (Å²) in [5, 5.41) is 0. The van der Waals surface area contributed by atoms with Gasteiger partial charge >= 0.3 is 0 Å². The van der Waals surface area contributed by atoms with Crippen molar-refractivity contribution in [3.63, 3.8) is 0 Å². The van der Waals surface area contributed by atoms with Gasteiger partial charge in [0.25, 0.3) is 0 Å². The van der Waals surface area contributed by atoms with Crippen LogP contribution in [0.3, 0.4) is 0 Å². The first-order valence-electron chi connectivity index (χ1n) is 1.68. The van der Waals surface area contributed by atoms with Crippen molar-refractivity contribution in [3.05, 3.63) is 0 Å². The predicted molar refractivity (Wildman–Crippen MR) is 25.7 cm³/mol. The molecule has 0 unspecified atom stereocenters. The van der Waals surface area contributed by atoms with Crippen molar-refractivity contribution in [2.45, 2.75) is 13.0 Å². The summed E-state index contributed by atoms with van der Waals surface area (Å²) in [5.41, 5.74) is 0. The Labute approximate surface area is 45.0 Å². The van der Waals surface area contributed by atoms with Gasteiger partial charge in [-0.2, -0.15) is 8.57 Å². The van der Waals surface area contributed by atoms with E-state index in [1.54, 1.807) is 0 Å². The van der Waals surface area contributed by atoms with Crippen LogP contribution in [0, 0.1) is 0 Å². The zero-order chi connectivity index (χ0) is 5.70. The molecule has 0 aliphatic heterocycles. The second-order valence-corrected chi connectivity index (χ2v) is 1.33. The minimum absolute atomic E-state index is 0.0468. The van der Waals surface area contributed by atoms with E-state index in [2.05, 4.69) is 4.36 Å². The van der Waals surface area contributed by atoms with E-state index in [1.807, 2.05) is 0 Å². The Balaban J connectivity index is 3.56. The van der Waals surface area contributed by atoms with Gasteiger partial charge < -0.3 is 0 Å². The molecule has 0 heterocycles. The summed E-state index contributed by atoms with van der Waals surface area (Å²) in [4.78, 5) is 9.52. The molecule has 39 valence electrons. The van der Waals surface area contributed by atoms with Crippen molar-refractivity contribution < 1.29 is 9.00 Å². The molecule has 0 bridgehead atoms. The van der Waals surface area contributed by atoms with Gasteiger partial charge in [0.05, 0.1) is 0 Å². The molecule has 0 N–H and O–H groups in total. The fourth-order valence-electron chi connectivity index (χ4n) is 0.0861. The summed E-state index contributed by atoms with van der Waals surface area (Å²) in [6, 6.07) is -0.581. The molecule has 0 amide bonds. The highest BCUT2D eigenvalue weighted by Crippen LogP contribution is 1.77. The van der Waals surface area contributed by atoms with Crippen LogP contribution in [0.1, 0.15) is 6.92 Å². The summed E-state index contributed by atoms with van der Waals surface area (Å²) in [6.45, 7) is 1.50. The minimum atomic E-state index is -0.581. The highest BCUT2D eigenvalue weighted by atomic mass is 32.1. The molecular formula is C3H4NO2S. The van der Waals surface area contributed by atoms with Gasteiger partial charge in [-0.3, -0.25) is 4.79 Å². The van der Waals surface area contributed by atoms with Crippen LogP contribution in [-0.2, 0) is 16.3 Å². The van der Waals surface area contributed by atoms with Gasteiger partial charge in [0, 0.05) is 0 Å². The molecule has 7 heavy (non-hydrogen) atoms. The molecule has 0 aromatic rings. The minimum Gasteiger partial charge on any atom is -0.288 e. The maximum atomic E-state index is 9.52. The topological polar surface area (TPSA) is 46.5 Å². The number of hydrogen-bond donors (Lipinski definition) is 0. The fraction of sp³-hybridized carbons (Fsp3) is 0.667. The third kappa shape index (κ3) is 3.32. The number of rotatable bonds is 2. The zero-order valence-electron chi connectivity index (χ0n) is 3.75. The number of hydrogen-bond acceptors (Lipinski definition) is 3. The lowest BCUT2D eigenvalue weighted by molar-refractivity contribution is 0.546. The van der Waals surface area contributed by atoms with Crippen molar-refractivity contribution in [3.8, 4) is 0 Å². The monoisotopic (exact) mass is 118 g/mol. The Kier molecular flexibility index (Phi) is 3.40. The predicted octanol–water partition coefficient (Wildman–Crippen LogP) is -0.119. The van der Waals surface area contributed by atoms with Crippen LogP contribution in [-0.4, -0.2) is 16.5 Å². The summed E-state index contributed by atoms with van der Waals surface area (Å²) in [6.07, 6.45) is 1.53. The molecule has 0 rings (SSSR count). The second-order valence-electron chi connectivity index (χ2n) is 0.974. The Bertz CT molecular complexity index is 108. The first-order valence-corrected chi connectivity index (χ1v) is 2.38. The van der Waals surface area contributed by atoms with Crippen molar-refractivity contribution in [2.75, 3.05) is 0 Å². The summed E-state index contributed by atoms with van der Waals surface area (Å²) < 4.78 is 12.7. The molecule has 0 spiro atoms. The van der Waals surface area contributed by atoms with E-state index in [4.69, 9.17) is 0 Å². The Morgan fingerprint density at radius 1 is 1.86 bits per heavy atom. The maximum Gasteiger partial charge on any atom is 0.225 e. The van der Waals surface area contributed by atoms with E-state index in [0.29, 0.717) is 0 Å². The van der Waals surface area contributed by atoms with Gasteiger partial charge in [0.1, 0.15) is 6.04 Å². The van der Waals surface area contributed by atoms with Gasteiger partial charge in [0.2, 0.25) is 6.29 Å². The average molecular weight is 118 g/mol. The second kappa shape index (κ2) is 3.67. The van der Waals surface area contributed by atoms with Gasteiger partial charge in [-0.15, -0.1) is 0 Å². The average Bonchev–Trinajstić information content (AvgIpc) is 1.68. The van der Waals surface area contributed by atoms with Crippen molar-refractivity contribution in [1.82, 2.24) is 0 Å². The van der Waals surface area contributed by atoms with Gasteiger partial charge in [0.15, 0.2) is 11.5 Å². The lowest BCUT2D eigenvalue weighted by atomic mass is 10.4. The molecule has 0 fully saturated rings. The van der Waals surface area contributed by atoms with Crippen LogP contribution in [0.5, 0.6) is 0 Å². The van der Waals surface area contributed by atoms with E-state index < -0.39 is 6.04 Å². The Hall–Kier alpha value is -0.510. The zero-order valence-corrected chi connectivity index (χ0v) is 4.57. The standard InChI is InChI=1S/C3H4NO2S/c1-3(2-5)4-7-6/h3H,1H3/t3-/m0/s1. The molecule has 0 aromatic heterocycles. The molecule has 0 saturated heterocycles. The molecule has 0 aliphatic carbocycles. The molecule has 0 aliphatic rings. The van der Waals surface area contributed by atoms with E-state index >= 15 is 0 Å². The van der Waals surface area contributed by atoms with Gasteiger partial charge in [-0.05, 0) is 6.92 Å². The summed E-state index contributed by atoms with van der Waals surface area (Å²) in [5.74, 6) is 0. The smallest absolute Gasteiger partial charge is 0.225 e. The van der Waals surface area contributed by atoms with Crippen LogP contribution in [0.4, 0.5) is 0 Å². The Morgan fingerprint density at radius 3 is 2.57 bits per heavy atom. The molecule has 4 heteroatoms. The molecule has 3 nitrogen and oxygen atoms in total. The summed E-state index contributed by atoms with van der Waals surface area (Å²) >= 11 is 0.0468. The van der Waals surface area contributed by atoms with Crippen LogP contribution in [0.25, 0.3) is 0 Å². The van der Waals surface area contributed by atoms with Crippen LogP contribution in [0.15, 0.2) is 4.36 Å². The number of carbonyl (C=O) groups excluding carboxylic acids is 1. The third-order valence-electron chi connectivity index (χ3n) is 0.372.